The number of aromatic hydroxyl groups is 1. The predicted molar refractivity (Wildman–Crippen MR) is 160 cm³/mol. The number of ether oxygens (including phenoxy) is 2. The number of hydrogen-bond donors (Lipinski definition) is 1. The number of nitro benzene ring substituents is 1. The first-order valence-corrected chi connectivity index (χ1v) is 14.2. The van der Waals surface area contributed by atoms with E-state index in [9.17, 15) is 20.0 Å². The van der Waals surface area contributed by atoms with Gasteiger partial charge >= 0.3 is 5.69 Å². The molecule has 202 valence electrons. The van der Waals surface area contributed by atoms with Crippen LogP contribution in [0.5, 0.6) is 17.2 Å². The number of nitro groups is 1. The Morgan fingerprint density at radius 3 is 2.70 bits per heavy atom. The average molecular weight is 667 g/mol. The normalized spacial score (nSPS) is 16.1. The smallest absolute Gasteiger partial charge is 0.312 e. The molecule has 3 aromatic carbocycles. The number of nitrogens with zero attached hydrogens (tertiary/aromatic N) is 3. The number of halogens is 1. The van der Waals surface area contributed by atoms with E-state index < -0.39 is 22.4 Å². The molecular weight excluding hydrogens is 645 g/mol. The van der Waals surface area contributed by atoms with Gasteiger partial charge in [0.25, 0.3) is 5.56 Å². The van der Waals surface area contributed by atoms with E-state index in [-0.39, 0.29) is 5.56 Å². The highest BCUT2D eigenvalue weighted by atomic mass is 127. The number of methoxy groups -OCH3 is 2. The summed E-state index contributed by atoms with van der Waals surface area (Å²) in [4.78, 5) is 30.4. The molecule has 2 heterocycles. The summed E-state index contributed by atoms with van der Waals surface area (Å²) in [7, 11) is 3.19. The quantitative estimate of drug-likeness (QED) is 0.190. The molecule has 0 radical (unpaired) electrons. The van der Waals surface area contributed by atoms with Crippen LogP contribution in [0.25, 0.3) is 11.8 Å². The van der Waals surface area contributed by atoms with Crippen LogP contribution in [-0.2, 0) is 6.42 Å². The summed E-state index contributed by atoms with van der Waals surface area (Å²) < 4.78 is 13.6. The molecule has 1 aliphatic heterocycles. The van der Waals surface area contributed by atoms with Gasteiger partial charge in [-0.1, -0.05) is 35.6 Å². The molecule has 2 aliphatic rings. The number of rotatable bonds is 5. The minimum Gasteiger partial charge on any atom is -0.501 e. The van der Waals surface area contributed by atoms with Crippen LogP contribution in [0, 0.1) is 13.7 Å². The fourth-order valence-corrected chi connectivity index (χ4v) is 6.97. The molecule has 0 bridgehead atoms. The summed E-state index contributed by atoms with van der Waals surface area (Å²) in [6.45, 7) is 0. The van der Waals surface area contributed by atoms with Gasteiger partial charge in [0.15, 0.2) is 4.80 Å². The Labute approximate surface area is 245 Å². The summed E-state index contributed by atoms with van der Waals surface area (Å²) in [6, 6.07) is 16.1. The van der Waals surface area contributed by atoms with Crippen LogP contribution in [0.2, 0.25) is 0 Å². The molecule has 4 aromatic rings. The monoisotopic (exact) mass is 667 g/mol. The zero-order chi connectivity index (χ0) is 28.1. The highest BCUT2D eigenvalue weighted by Gasteiger charge is 2.34. The first-order valence-electron chi connectivity index (χ1n) is 12.3. The number of aryl methyl sites for hydroxylation is 1. The molecule has 40 heavy (non-hydrogen) atoms. The molecule has 9 nitrogen and oxygen atoms in total. The van der Waals surface area contributed by atoms with Crippen LogP contribution in [0.1, 0.15) is 34.7 Å². The maximum absolute atomic E-state index is 14.0. The van der Waals surface area contributed by atoms with Crippen LogP contribution in [-0.4, -0.2) is 28.8 Å². The molecule has 0 saturated heterocycles. The van der Waals surface area contributed by atoms with Gasteiger partial charge in [0.2, 0.25) is 5.75 Å². The number of aromatic nitrogens is 1. The zero-order valence-electron chi connectivity index (χ0n) is 21.4. The molecule has 0 fully saturated rings. The van der Waals surface area contributed by atoms with Gasteiger partial charge in [0.1, 0.15) is 11.5 Å². The summed E-state index contributed by atoms with van der Waals surface area (Å²) in [6.07, 6.45) is 3.13. The zero-order valence-corrected chi connectivity index (χ0v) is 24.4. The Bertz CT molecular complexity index is 1930. The van der Waals surface area contributed by atoms with E-state index in [1.807, 2.05) is 52.9 Å². The van der Waals surface area contributed by atoms with Crippen LogP contribution in [0.3, 0.4) is 0 Å². The number of phenols is 1. The Kier molecular flexibility index (Phi) is 6.70. The van der Waals surface area contributed by atoms with Crippen molar-refractivity contribution in [2.45, 2.75) is 18.9 Å². The molecular formula is C29H22IN3O6S. The van der Waals surface area contributed by atoms with Crippen LogP contribution in [0.4, 0.5) is 5.69 Å². The van der Waals surface area contributed by atoms with Crippen molar-refractivity contribution in [3.63, 3.8) is 0 Å². The second-order valence-corrected chi connectivity index (χ2v) is 11.5. The highest BCUT2D eigenvalue weighted by molar-refractivity contribution is 14.1. The average Bonchev–Trinajstić information content (AvgIpc) is 3.27. The van der Waals surface area contributed by atoms with Crippen LogP contribution >= 0.6 is 33.9 Å². The fraction of sp³-hybridized carbons (Fsp3) is 0.172. The molecule has 1 atom stereocenters. The lowest BCUT2D eigenvalue weighted by atomic mass is 9.83. The lowest BCUT2D eigenvalue weighted by Gasteiger charge is -2.31. The molecule has 0 spiro atoms. The van der Waals surface area contributed by atoms with Crippen molar-refractivity contribution in [2.24, 2.45) is 4.99 Å². The Hall–Kier alpha value is -3.97. The molecule has 1 N–H and O–H groups in total. The maximum Gasteiger partial charge on any atom is 0.312 e. The molecule has 11 heteroatoms. The van der Waals surface area contributed by atoms with E-state index in [0.29, 0.717) is 36.4 Å². The Balaban J connectivity index is 1.64. The number of fused-ring (bicyclic) bond motifs is 3. The highest BCUT2D eigenvalue weighted by Crippen LogP contribution is 2.44. The van der Waals surface area contributed by atoms with Gasteiger partial charge < -0.3 is 14.6 Å². The third kappa shape index (κ3) is 4.29. The van der Waals surface area contributed by atoms with Crippen LogP contribution < -0.4 is 24.4 Å². The lowest BCUT2D eigenvalue weighted by Crippen LogP contribution is -2.39. The fourth-order valence-electron chi connectivity index (χ4n) is 5.33. The largest absolute Gasteiger partial charge is 0.501 e. The van der Waals surface area contributed by atoms with Crippen molar-refractivity contribution >= 4 is 51.4 Å². The SMILES string of the molecule is COc1ccc(OC)c([C@H]2C3=C(N=c4s/c(=C/c5cc(I)c(O)c([N+](=O)[O-])c5)c(=O)n42)c2ccccc2CC3)c1. The van der Waals surface area contributed by atoms with Crippen molar-refractivity contribution in [1.29, 1.82) is 0 Å². The molecule has 6 rings (SSSR count). The Morgan fingerprint density at radius 1 is 1.15 bits per heavy atom. The van der Waals surface area contributed by atoms with Gasteiger partial charge in [-0.05, 0) is 82.5 Å². The Morgan fingerprint density at radius 2 is 1.95 bits per heavy atom. The summed E-state index contributed by atoms with van der Waals surface area (Å²) in [5, 5.41) is 21.6. The summed E-state index contributed by atoms with van der Waals surface area (Å²) >= 11 is 3.06. The summed E-state index contributed by atoms with van der Waals surface area (Å²) in [5.74, 6) is 0.858. The lowest BCUT2D eigenvalue weighted by molar-refractivity contribution is -0.386. The number of allylic oxidation sites excluding steroid dienone is 1. The topological polar surface area (TPSA) is 116 Å². The molecule has 1 aromatic heterocycles. The number of thiazole rings is 1. The van der Waals surface area contributed by atoms with E-state index in [2.05, 4.69) is 12.1 Å². The van der Waals surface area contributed by atoms with Gasteiger partial charge in [-0.2, -0.15) is 0 Å². The minimum absolute atomic E-state index is 0.269. The van der Waals surface area contributed by atoms with Gasteiger partial charge in [0.05, 0.1) is 39.0 Å². The van der Waals surface area contributed by atoms with Crippen molar-refractivity contribution in [3.8, 4) is 17.2 Å². The minimum atomic E-state index is -0.642. The van der Waals surface area contributed by atoms with Crippen molar-refractivity contribution in [1.82, 2.24) is 4.57 Å². The maximum atomic E-state index is 14.0. The van der Waals surface area contributed by atoms with Gasteiger partial charge in [-0.3, -0.25) is 19.5 Å². The van der Waals surface area contributed by atoms with Gasteiger partial charge in [-0.25, -0.2) is 4.99 Å². The molecule has 1 aliphatic carbocycles. The van der Waals surface area contributed by atoms with Crippen molar-refractivity contribution in [2.75, 3.05) is 14.2 Å². The van der Waals surface area contributed by atoms with Crippen molar-refractivity contribution in [3.05, 3.63) is 116 Å². The third-order valence-corrected chi connectivity index (χ3v) is 8.97. The predicted octanol–water partition coefficient (Wildman–Crippen LogP) is 4.55. The van der Waals surface area contributed by atoms with E-state index in [4.69, 9.17) is 14.5 Å². The van der Waals surface area contributed by atoms with E-state index in [1.54, 1.807) is 30.9 Å². The second-order valence-electron chi connectivity index (χ2n) is 9.35. The van der Waals surface area contributed by atoms with Gasteiger partial charge in [-0.15, -0.1) is 0 Å². The molecule has 0 saturated carbocycles. The first kappa shape index (κ1) is 26.3. The standard InChI is InChI=1S/C29H22IN3O6S/c1-38-17-8-10-23(39-2)20(14-17)26-19-9-7-16-5-3-4-6-18(16)25(19)31-29-32(26)28(35)24(40-29)13-15-11-21(30)27(34)22(12-15)33(36)37/h3-6,8,10-14,26,34H,7,9H2,1-2H3/b24-13+/t26-/m1/s1. The van der Waals surface area contributed by atoms with Crippen LogP contribution in [0.15, 0.2) is 70.0 Å². The number of benzene rings is 3. The number of hydrogen-bond acceptors (Lipinski definition) is 8. The van der Waals surface area contributed by atoms with Gasteiger partial charge in [0, 0.05) is 17.2 Å². The summed E-state index contributed by atoms with van der Waals surface area (Å²) in [5.41, 5.74) is 4.63. The van der Waals surface area contributed by atoms with E-state index >= 15 is 0 Å². The number of phenolic OH excluding ortho intramolecular Hbond substituents is 1. The van der Waals surface area contributed by atoms with Crippen molar-refractivity contribution < 1.29 is 19.5 Å². The first-order chi connectivity index (χ1) is 19.3. The van der Waals surface area contributed by atoms with E-state index in [1.165, 1.54) is 23.0 Å². The van der Waals surface area contributed by atoms with E-state index in [0.717, 1.165) is 28.8 Å². The molecule has 0 unspecified atom stereocenters. The third-order valence-electron chi connectivity index (χ3n) is 7.16. The second kappa shape index (κ2) is 10.2. The molecule has 0 amide bonds.